The van der Waals surface area contributed by atoms with Crippen molar-refractivity contribution in [2.24, 2.45) is 17.8 Å². The maximum absolute atomic E-state index is 14.6. The largest absolute Gasteiger partial charge is 0.462 e. The van der Waals surface area contributed by atoms with Crippen LogP contribution in [0.25, 0.3) is 0 Å². The van der Waals surface area contributed by atoms with Gasteiger partial charge in [-0.05, 0) is 39.7 Å². The molecule has 1 amide bonds. The first kappa shape index (κ1) is 70.1. The molecule has 4 fully saturated rings. The summed E-state index contributed by atoms with van der Waals surface area (Å²) in [5.41, 5.74) is 0. The van der Waals surface area contributed by atoms with E-state index in [0.29, 0.717) is 26.2 Å². The Labute approximate surface area is 486 Å². The highest BCUT2D eigenvalue weighted by molar-refractivity contribution is 5.80. The van der Waals surface area contributed by atoms with Gasteiger partial charge in [0, 0.05) is 63.7 Å². The minimum absolute atomic E-state index is 0.124. The summed E-state index contributed by atoms with van der Waals surface area (Å²) >= 11 is 0. The zero-order chi connectivity index (χ0) is 61.2. The molecule has 4 unspecified atom stereocenters. The highest BCUT2D eigenvalue weighted by Gasteiger charge is 2.53. The van der Waals surface area contributed by atoms with Crippen molar-refractivity contribution in [3.8, 4) is 0 Å². The monoisotopic (exact) mass is 1180 g/mol. The molecule has 5 rings (SSSR count). The fraction of sp³-hybridized carbons (Fsp3) is 0.729. The predicted molar refractivity (Wildman–Crippen MR) is 301 cm³/mol. The number of fused-ring (bicyclic) bond motifs is 2. The molecule has 0 aromatic heterocycles. The van der Waals surface area contributed by atoms with E-state index in [-0.39, 0.29) is 31.6 Å². The van der Waals surface area contributed by atoms with Crippen molar-refractivity contribution < 1.29 is 105 Å². The number of carbonyl (C=O) groups excluding carboxylic acids is 2. The Morgan fingerprint density at radius 1 is 0.651 bits per heavy atom. The fourth-order valence-electron chi connectivity index (χ4n) is 11.0. The highest BCUT2D eigenvalue weighted by atomic mass is 16.7. The maximum Gasteiger partial charge on any atom is 0.308 e. The number of allylic oxidation sites excluding steroid dienone is 12. The predicted octanol–water partition coefficient (Wildman–Crippen LogP) is -1.78. The zero-order valence-corrected chi connectivity index (χ0v) is 48.3. The van der Waals surface area contributed by atoms with Crippen LogP contribution in [0.3, 0.4) is 0 Å². The number of amides is 1. The first-order valence-electron chi connectivity index (χ1n) is 29.1. The lowest BCUT2D eigenvalue weighted by molar-refractivity contribution is -0.323. The standard InChI is InChI=1S/C59H95N3O21/c1-6-61-23-25-62(26-24-61)56(76)49-45(68)32-58(77)31-41(65)28-44(67)43(66)22-21-39(63)27-40(64)29-48(70)80-37(4)36(3)51(71)35(2)19-17-15-13-11-9-7-8-10-12-14-16-18-20-42(30-47(49)83-58)82-57-54(74)50(52(72)38(5)81-57)60-34-59(78)55(75)53(73)46(69)33-79-59/h7-20,35-47,49-55,57,60,63-69,71-75,77-78H,6,21-34H2,1-5H3/b8-7+,11-9+,12-10+,15-13+,16-14+,19-17+,20-18+/t35-,36?,37-,38+,39+,40+,41-,42-,43+,44+,45-,46+,47?,49?,50-,51+,52+,53-,54-,55-,57?,58+,59+/m0/s1. The number of rotatable bonds is 7. The molecule has 5 aliphatic rings. The number of aliphatic hydroxyl groups excluding tert-OH is 12. The first-order valence-corrected chi connectivity index (χ1v) is 29.1. The third-order valence-electron chi connectivity index (χ3n) is 16.4. The number of cyclic esters (lactones) is 1. The molecule has 23 atom stereocenters. The number of hydrogen-bond acceptors (Lipinski definition) is 23. The lowest BCUT2D eigenvalue weighted by atomic mass is 9.81. The van der Waals surface area contributed by atoms with E-state index in [0.717, 1.165) is 6.54 Å². The third kappa shape index (κ3) is 21.0. The Morgan fingerprint density at radius 3 is 1.87 bits per heavy atom. The number of hydrogen-bond donors (Lipinski definition) is 15. The Balaban J connectivity index is 1.44. The number of nitrogens with one attached hydrogen (secondary N) is 1. The molecule has 2 bridgehead atoms. The fourth-order valence-corrected chi connectivity index (χ4v) is 11.0. The number of likely N-dealkylation sites (N-methyl/N-ethyl adjacent to an activating group) is 1. The molecule has 0 aromatic rings. The van der Waals surface area contributed by atoms with Gasteiger partial charge in [-0.1, -0.05) is 106 Å². The van der Waals surface area contributed by atoms with Gasteiger partial charge < -0.3 is 110 Å². The van der Waals surface area contributed by atoms with Crippen LogP contribution in [0.5, 0.6) is 0 Å². The van der Waals surface area contributed by atoms with Crippen molar-refractivity contribution in [1.29, 1.82) is 0 Å². The van der Waals surface area contributed by atoms with Gasteiger partial charge in [0.25, 0.3) is 0 Å². The number of aliphatic hydroxyl groups is 14. The Bertz CT molecular complexity index is 2190. The third-order valence-corrected chi connectivity index (χ3v) is 16.4. The number of nitrogens with zero attached hydrogens (tertiary/aromatic N) is 2. The summed E-state index contributed by atoms with van der Waals surface area (Å²) in [4.78, 5) is 31.1. The Kier molecular flexibility index (Phi) is 28.2. The van der Waals surface area contributed by atoms with E-state index in [9.17, 15) is 81.1 Å². The second kappa shape index (κ2) is 33.4. The van der Waals surface area contributed by atoms with E-state index in [1.165, 1.54) is 6.92 Å². The second-order valence-corrected chi connectivity index (χ2v) is 23.0. The Morgan fingerprint density at radius 2 is 1.25 bits per heavy atom. The van der Waals surface area contributed by atoms with Gasteiger partial charge in [-0.3, -0.25) is 9.59 Å². The van der Waals surface area contributed by atoms with Crippen molar-refractivity contribution >= 4 is 11.9 Å². The molecule has 15 N–H and O–H groups in total. The van der Waals surface area contributed by atoms with Crippen molar-refractivity contribution in [1.82, 2.24) is 15.1 Å². The molecule has 0 radical (unpaired) electrons. The number of piperazine rings is 1. The van der Waals surface area contributed by atoms with Crippen LogP contribution in [0.15, 0.2) is 85.1 Å². The van der Waals surface area contributed by atoms with E-state index in [1.54, 1.807) is 97.7 Å². The maximum atomic E-state index is 14.6. The van der Waals surface area contributed by atoms with Crippen LogP contribution in [0.4, 0.5) is 0 Å². The van der Waals surface area contributed by atoms with E-state index in [2.05, 4.69) is 10.2 Å². The van der Waals surface area contributed by atoms with E-state index < -0.39 is 184 Å². The summed E-state index contributed by atoms with van der Waals surface area (Å²) in [6.07, 6.45) is -2.61. The van der Waals surface area contributed by atoms with Gasteiger partial charge in [0.1, 0.15) is 30.5 Å². The molecule has 83 heavy (non-hydrogen) atoms. The lowest BCUT2D eigenvalue weighted by Gasteiger charge is -2.48. The average Bonchev–Trinajstić information content (AvgIpc) is 3.06. The molecule has 24 heteroatoms. The van der Waals surface area contributed by atoms with Gasteiger partial charge in [0.05, 0.1) is 98.7 Å². The number of esters is 1. The van der Waals surface area contributed by atoms with Gasteiger partial charge in [0.15, 0.2) is 12.1 Å². The molecule has 0 aromatic carbocycles. The van der Waals surface area contributed by atoms with Gasteiger partial charge in [-0.15, -0.1) is 0 Å². The van der Waals surface area contributed by atoms with E-state index in [1.807, 2.05) is 19.9 Å². The molecular weight excluding hydrogens is 1090 g/mol. The average molecular weight is 1180 g/mol. The summed E-state index contributed by atoms with van der Waals surface area (Å²) in [5, 5.41) is 158. The van der Waals surface area contributed by atoms with Crippen LogP contribution < -0.4 is 5.32 Å². The molecular formula is C59H95N3O21. The summed E-state index contributed by atoms with van der Waals surface area (Å²) in [6.45, 7) is 10.0. The molecule has 0 saturated carbocycles. The van der Waals surface area contributed by atoms with Crippen LogP contribution >= 0.6 is 0 Å². The summed E-state index contributed by atoms with van der Waals surface area (Å²) in [5.74, 6) is -8.11. The van der Waals surface area contributed by atoms with Gasteiger partial charge in [-0.25, -0.2) is 0 Å². The molecule has 0 aliphatic carbocycles. The molecule has 5 aliphatic heterocycles. The van der Waals surface area contributed by atoms with Gasteiger partial charge in [0.2, 0.25) is 11.7 Å². The van der Waals surface area contributed by atoms with Crippen LogP contribution in [0, 0.1) is 17.8 Å². The molecule has 4 saturated heterocycles. The SMILES string of the molecule is CCN1CCN(C(=O)C2C3C[C@@H](OC4O[C@H](C)[C@@H](O)[C@H](NC[C@@]5(O)OC[C@@H](O)[C@H](O)[C@@H]5O)[C@@H]4O)/C=C/C=C/C=C/C=C/C=C/C=C/C=C/[C@H](C)[C@@H](O)C(C)[C@H](C)OC(=O)C[C@H](O)C[C@H](O)CC[C@@H](O)[C@H](O)C[C@H](O)C[C@](O)(C[C@@H]2O)O3)CC1. The normalized spacial score (nSPS) is 45.2. The number of carbonyl (C=O) groups is 2. The van der Waals surface area contributed by atoms with Crippen molar-refractivity contribution in [3.05, 3.63) is 85.1 Å². The van der Waals surface area contributed by atoms with Crippen LogP contribution in [0.2, 0.25) is 0 Å². The minimum Gasteiger partial charge on any atom is -0.462 e. The second-order valence-electron chi connectivity index (χ2n) is 23.0. The van der Waals surface area contributed by atoms with Crippen molar-refractivity contribution in [2.45, 2.75) is 208 Å². The molecule has 472 valence electrons. The van der Waals surface area contributed by atoms with E-state index >= 15 is 0 Å². The summed E-state index contributed by atoms with van der Waals surface area (Å²) < 4.78 is 29.6. The minimum atomic E-state index is -2.46. The molecule has 0 spiro atoms. The zero-order valence-electron chi connectivity index (χ0n) is 48.3. The molecule has 24 nitrogen and oxygen atoms in total. The first-order chi connectivity index (χ1) is 39.3. The summed E-state index contributed by atoms with van der Waals surface area (Å²) in [6, 6.07) is -1.34. The van der Waals surface area contributed by atoms with Gasteiger partial charge >= 0.3 is 5.97 Å². The highest BCUT2D eigenvalue weighted by Crippen LogP contribution is 2.39. The quantitative estimate of drug-likeness (QED) is 0.125. The summed E-state index contributed by atoms with van der Waals surface area (Å²) in [7, 11) is 0. The molecule has 5 heterocycles. The van der Waals surface area contributed by atoms with Gasteiger partial charge in [-0.2, -0.15) is 0 Å². The van der Waals surface area contributed by atoms with Crippen LogP contribution in [-0.4, -0.2) is 261 Å². The van der Waals surface area contributed by atoms with Crippen molar-refractivity contribution in [2.75, 3.05) is 45.9 Å². The van der Waals surface area contributed by atoms with Crippen LogP contribution in [-0.2, 0) is 33.3 Å². The number of ether oxygens (including phenoxy) is 5. The van der Waals surface area contributed by atoms with Crippen LogP contribution in [0.1, 0.15) is 86.0 Å². The lowest BCUT2D eigenvalue weighted by Crippen LogP contribution is -2.69. The van der Waals surface area contributed by atoms with Crippen molar-refractivity contribution in [3.63, 3.8) is 0 Å². The Hall–Kier alpha value is -3.68. The topological polar surface area (TPSA) is 382 Å². The van der Waals surface area contributed by atoms with E-state index in [4.69, 9.17) is 23.7 Å². The smallest absolute Gasteiger partial charge is 0.308 e.